The smallest absolute Gasteiger partial charge is 0.407 e. The van der Waals surface area contributed by atoms with Crippen molar-refractivity contribution in [3.8, 4) is 0 Å². The van der Waals surface area contributed by atoms with E-state index in [4.69, 9.17) is 4.74 Å². The van der Waals surface area contributed by atoms with Crippen molar-refractivity contribution < 1.29 is 9.53 Å². The number of nitrogens with one attached hydrogen (secondary N) is 3. The Morgan fingerprint density at radius 3 is 2.50 bits per heavy atom. The standard InChI is InChI=1S/C19H32N4O2S/c1-14-8-9-15(16(12-14)26-6)13-23-17(20-5)21-10-7-11-22-18(24)25-19(2,3)4/h8-9,12H,7,10-11,13H2,1-6H3,(H,22,24)(H2,20,21,23). The number of aryl methyl sites for hydroxylation is 1. The number of hydrogen-bond acceptors (Lipinski definition) is 4. The molecule has 0 aromatic heterocycles. The number of ether oxygens (including phenoxy) is 1. The molecule has 0 aliphatic carbocycles. The van der Waals surface area contributed by atoms with Crippen molar-refractivity contribution in [1.29, 1.82) is 0 Å². The van der Waals surface area contributed by atoms with E-state index in [1.54, 1.807) is 18.8 Å². The van der Waals surface area contributed by atoms with Gasteiger partial charge < -0.3 is 20.7 Å². The van der Waals surface area contributed by atoms with Gasteiger partial charge in [-0.2, -0.15) is 0 Å². The van der Waals surface area contributed by atoms with Gasteiger partial charge in [0.1, 0.15) is 5.60 Å². The molecule has 0 radical (unpaired) electrons. The van der Waals surface area contributed by atoms with Crippen LogP contribution in [0.4, 0.5) is 4.79 Å². The molecule has 1 amide bonds. The zero-order valence-corrected chi connectivity index (χ0v) is 17.5. The fourth-order valence-corrected chi connectivity index (χ4v) is 2.90. The molecule has 1 aromatic rings. The maximum absolute atomic E-state index is 11.6. The summed E-state index contributed by atoms with van der Waals surface area (Å²) in [6.07, 6.45) is 2.48. The number of carbonyl (C=O) groups is 1. The summed E-state index contributed by atoms with van der Waals surface area (Å²) in [5.74, 6) is 0.745. The second-order valence-electron chi connectivity index (χ2n) is 6.95. The van der Waals surface area contributed by atoms with E-state index in [-0.39, 0.29) is 6.09 Å². The summed E-state index contributed by atoms with van der Waals surface area (Å²) in [6, 6.07) is 6.46. The normalized spacial score (nSPS) is 11.8. The lowest BCUT2D eigenvalue weighted by Gasteiger charge is -2.19. The first-order valence-electron chi connectivity index (χ1n) is 8.80. The molecule has 146 valence electrons. The zero-order valence-electron chi connectivity index (χ0n) is 16.7. The van der Waals surface area contributed by atoms with E-state index in [0.29, 0.717) is 19.6 Å². The van der Waals surface area contributed by atoms with Crippen LogP contribution in [0, 0.1) is 6.92 Å². The van der Waals surface area contributed by atoms with Gasteiger partial charge in [-0.15, -0.1) is 11.8 Å². The van der Waals surface area contributed by atoms with Gasteiger partial charge in [0.2, 0.25) is 0 Å². The Hall–Kier alpha value is -1.89. The van der Waals surface area contributed by atoms with Crippen LogP contribution in [0.15, 0.2) is 28.1 Å². The Bertz CT molecular complexity index is 612. The average Bonchev–Trinajstić information content (AvgIpc) is 2.56. The number of alkyl carbamates (subject to hydrolysis) is 1. The van der Waals surface area contributed by atoms with Crippen molar-refractivity contribution in [2.24, 2.45) is 4.99 Å². The highest BCUT2D eigenvalue weighted by atomic mass is 32.2. The zero-order chi connectivity index (χ0) is 19.6. The highest BCUT2D eigenvalue weighted by Gasteiger charge is 2.15. The van der Waals surface area contributed by atoms with Gasteiger partial charge in [-0.3, -0.25) is 4.99 Å². The number of thioether (sulfide) groups is 1. The minimum Gasteiger partial charge on any atom is -0.444 e. The topological polar surface area (TPSA) is 74.8 Å². The highest BCUT2D eigenvalue weighted by Crippen LogP contribution is 2.21. The molecule has 3 N–H and O–H groups in total. The molecule has 0 saturated carbocycles. The van der Waals surface area contributed by atoms with Crippen LogP contribution in [0.1, 0.15) is 38.3 Å². The number of rotatable bonds is 7. The Kier molecular flexibility index (Phi) is 9.34. The number of hydrogen-bond donors (Lipinski definition) is 3. The third kappa shape index (κ3) is 8.99. The van der Waals surface area contributed by atoms with Gasteiger partial charge in [-0.05, 0) is 57.6 Å². The maximum Gasteiger partial charge on any atom is 0.407 e. The second-order valence-corrected chi connectivity index (χ2v) is 7.80. The third-order valence-corrected chi connectivity index (χ3v) is 4.25. The largest absolute Gasteiger partial charge is 0.444 e. The Morgan fingerprint density at radius 1 is 1.19 bits per heavy atom. The van der Waals surface area contributed by atoms with Crippen LogP contribution in [-0.2, 0) is 11.3 Å². The number of aliphatic imine (C=N–C) groups is 1. The minimum atomic E-state index is -0.472. The van der Waals surface area contributed by atoms with Crippen LogP contribution in [0.2, 0.25) is 0 Å². The first kappa shape index (κ1) is 22.2. The molecule has 0 fully saturated rings. The first-order valence-corrected chi connectivity index (χ1v) is 10.0. The first-order chi connectivity index (χ1) is 12.2. The fourth-order valence-electron chi connectivity index (χ4n) is 2.20. The summed E-state index contributed by atoms with van der Waals surface area (Å²) in [4.78, 5) is 17.1. The van der Waals surface area contributed by atoms with Gasteiger partial charge >= 0.3 is 6.09 Å². The molecule has 0 bridgehead atoms. The van der Waals surface area contributed by atoms with Crippen molar-refractivity contribution in [3.05, 3.63) is 29.3 Å². The van der Waals surface area contributed by atoms with Crippen molar-refractivity contribution in [3.63, 3.8) is 0 Å². The molecule has 0 unspecified atom stereocenters. The SMILES string of the molecule is CN=C(NCCCNC(=O)OC(C)(C)C)NCc1ccc(C)cc1SC. The predicted molar refractivity (Wildman–Crippen MR) is 110 cm³/mol. The summed E-state index contributed by atoms with van der Waals surface area (Å²) in [7, 11) is 1.75. The molecular weight excluding hydrogens is 348 g/mol. The Labute approximate surface area is 161 Å². The van der Waals surface area contributed by atoms with Crippen LogP contribution in [0.25, 0.3) is 0 Å². The van der Waals surface area contributed by atoms with E-state index in [1.807, 2.05) is 20.8 Å². The van der Waals surface area contributed by atoms with Crippen LogP contribution in [-0.4, -0.2) is 44.0 Å². The number of amides is 1. The van der Waals surface area contributed by atoms with Gasteiger partial charge in [0.15, 0.2) is 5.96 Å². The Balaban J connectivity index is 2.31. The molecular formula is C19H32N4O2S. The fraction of sp³-hybridized carbons (Fsp3) is 0.579. The maximum atomic E-state index is 11.6. The molecule has 26 heavy (non-hydrogen) atoms. The van der Waals surface area contributed by atoms with E-state index >= 15 is 0 Å². The highest BCUT2D eigenvalue weighted by molar-refractivity contribution is 7.98. The molecule has 0 atom stereocenters. The van der Waals surface area contributed by atoms with Gasteiger partial charge in [0.05, 0.1) is 0 Å². The van der Waals surface area contributed by atoms with Crippen molar-refractivity contribution >= 4 is 23.8 Å². The lowest BCUT2D eigenvalue weighted by Crippen LogP contribution is -2.39. The second kappa shape index (κ2) is 11.0. The molecule has 0 aliphatic rings. The number of guanidine groups is 1. The summed E-state index contributed by atoms with van der Waals surface area (Å²) in [5, 5.41) is 9.32. The third-order valence-electron chi connectivity index (χ3n) is 3.43. The molecule has 0 spiro atoms. The van der Waals surface area contributed by atoms with E-state index in [2.05, 4.69) is 52.3 Å². The summed E-state index contributed by atoms with van der Waals surface area (Å²) in [6.45, 7) is 9.61. The quantitative estimate of drug-likeness (QED) is 0.293. The molecule has 7 heteroatoms. The number of benzene rings is 1. The number of nitrogens with zero attached hydrogens (tertiary/aromatic N) is 1. The van der Waals surface area contributed by atoms with Crippen molar-refractivity contribution in [1.82, 2.24) is 16.0 Å². The summed E-state index contributed by atoms with van der Waals surface area (Å²) >= 11 is 1.75. The van der Waals surface area contributed by atoms with E-state index in [0.717, 1.165) is 12.4 Å². The lowest BCUT2D eigenvalue weighted by atomic mass is 10.1. The monoisotopic (exact) mass is 380 g/mol. The van der Waals surface area contributed by atoms with Gasteiger partial charge in [-0.1, -0.05) is 12.1 Å². The molecule has 6 nitrogen and oxygen atoms in total. The van der Waals surface area contributed by atoms with E-state index in [9.17, 15) is 4.79 Å². The van der Waals surface area contributed by atoms with Crippen LogP contribution in [0.5, 0.6) is 0 Å². The minimum absolute atomic E-state index is 0.385. The van der Waals surface area contributed by atoms with E-state index in [1.165, 1.54) is 16.0 Å². The molecule has 1 rings (SSSR count). The van der Waals surface area contributed by atoms with E-state index < -0.39 is 5.60 Å². The number of carbonyl (C=O) groups excluding carboxylic acids is 1. The lowest BCUT2D eigenvalue weighted by molar-refractivity contribution is 0.0527. The van der Waals surface area contributed by atoms with Crippen molar-refractivity contribution in [2.45, 2.75) is 51.2 Å². The van der Waals surface area contributed by atoms with Crippen LogP contribution >= 0.6 is 11.8 Å². The molecule has 0 saturated heterocycles. The summed E-state index contributed by atoms with van der Waals surface area (Å²) in [5.41, 5.74) is 2.04. The van der Waals surface area contributed by atoms with Gasteiger partial charge in [-0.25, -0.2) is 4.79 Å². The van der Waals surface area contributed by atoms with Gasteiger partial charge in [0, 0.05) is 31.6 Å². The summed E-state index contributed by atoms with van der Waals surface area (Å²) < 4.78 is 5.20. The molecule has 1 aromatic carbocycles. The van der Waals surface area contributed by atoms with Crippen LogP contribution in [0.3, 0.4) is 0 Å². The Morgan fingerprint density at radius 2 is 1.88 bits per heavy atom. The van der Waals surface area contributed by atoms with Gasteiger partial charge in [0.25, 0.3) is 0 Å². The molecule has 0 aliphatic heterocycles. The molecule has 0 heterocycles. The van der Waals surface area contributed by atoms with Crippen molar-refractivity contribution in [2.75, 3.05) is 26.4 Å². The predicted octanol–water partition coefficient (Wildman–Crippen LogP) is 3.30. The average molecular weight is 381 g/mol. The van der Waals surface area contributed by atoms with Crippen LogP contribution < -0.4 is 16.0 Å².